The predicted octanol–water partition coefficient (Wildman–Crippen LogP) is 0.436. The summed E-state index contributed by atoms with van der Waals surface area (Å²) in [6.45, 7) is 5.60. The standard InChI is InChI=1S/C14H30N4/c1-16-9-5-13(6-10-16)18(3)14(11-15)7-4-8-17(2)12-14/h13H,4-12,15H2,1-3H3. The Morgan fingerprint density at radius 1 is 1.17 bits per heavy atom. The zero-order valence-corrected chi connectivity index (χ0v) is 12.4. The van der Waals surface area contributed by atoms with Crippen LogP contribution in [0.2, 0.25) is 0 Å². The minimum Gasteiger partial charge on any atom is -0.329 e. The number of hydrogen-bond donors (Lipinski definition) is 1. The van der Waals surface area contributed by atoms with Crippen LogP contribution in [0, 0.1) is 0 Å². The number of piperidine rings is 2. The fourth-order valence-electron chi connectivity index (χ4n) is 3.71. The highest BCUT2D eigenvalue weighted by Gasteiger charge is 2.40. The van der Waals surface area contributed by atoms with Crippen LogP contribution in [0.1, 0.15) is 25.7 Å². The summed E-state index contributed by atoms with van der Waals surface area (Å²) in [6.07, 6.45) is 5.12. The van der Waals surface area contributed by atoms with Gasteiger partial charge < -0.3 is 15.5 Å². The van der Waals surface area contributed by atoms with Crippen molar-refractivity contribution in [3.05, 3.63) is 0 Å². The second-order valence-electron chi connectivity index (χ2n) is 6.42. The Bertz CT molecular complexity index is 263. The largest absolute Gasteiger partial charge is 0.329 e. The van der Waals surface area contributed by atoms with E-state index in [1.165, 1.54) is 45.3 Å². The maximum Gasteiger partial charge on any atom is 0.0458 e. The van der Waals surface area contributed by atoms with Crippen molar-refractivity contribution >= 4 is 0 Å². The van der Waals surface area contributed by atoms with Gasteiger partial charge in [-0.1, -0.05) is 0 Å². The van der Waals surface area contributed by atoms with Gasteiger partial charge in [-0.3, -0.25) is 4.90 Å². The van der Waals surface area contributed by atoms with Gasteiger partial charge in [-0.05, 0) is 66.5 Å². The molecule has 0 saturated carbocycles. The molecule has 0 bridgehead atoms. The average molecular weight is 254 g/mol. The van der Waals surface area contributed by atoms with Gasteiger partial charge in [0.2, 0.25) is 0 Å². The molecule has 2 saturated heterocycles. The van der Waals surface area contributed by atoms with Crippen LogP contribution in [0.4, 0.5) is 0 Å². The SMILES string of the molecule is CN1CCC(N(C)C2(CN)CCCN(C)C2)CC1. The molecule has 0 aromatic rings. The molecule has 0 radical (unpaired) electrons. The summed E-state index contributed by atoms with van der Waals surface area (Å²) < 4.78 is 0. The van der Waals surface area contributed by atoms with Gasteiger partial charge in [0.25, 0.3) is 0 Å². The molecule has 0 spiro atoms. The maximum atomic E-state index is 6.16. The summed E-state index contributed by atoms with van der Waals surface area (Å²) in [7, 11) is 6.76. The van der Waals surface area contributed by atoms with Crippen LogP contribution < -0.4 is 5.73 Å². The summed E-state index contributed by atoms with van der Waals surface area (Å²) in [5.41, 5.74) is 6.37. The molecule has 2 rings (SSSR count). The molecule has 0 aromatic carbocycles. The van der Waals surface area contributed by atoms with E-state index in [1.54, 1.807) is 0 Å². The molecule has 0 amide bonds. The summed E-state index contributed by atoms with van der Waals surface area (Å²) in [4.78, 5) is 7.50. The molecule has 106 valence electrons. The minimum absolute atomic E-state index is 0.216. The second-order valence-corrected chi connectivity index (χ2v) is 6.42. The molecule has 0 aliphatic carbocycles. The fraction of sp³-hybridized carbons (Fsp3) is 1.00. The Hall–Kier alpha value is -0.160. The van der Waals surface area contributed by atoms with Crippen LogP contribution in [0.25, 0.3) is 0 Å². The molecule has 2 aliphatic rings. The quantitative estimate of drug-likeness (QED) is 0.792. The number of nitrogens with two attached hydrogens (primary N) is 1. The highest BCUT2D eigenvalue weighted by molar-refractivity contribution is 4.98. The van der Waals surface area contributed by atoms with Crippen molar-refractivity contribution in [2.24, 2.45) is 5.73 Å². The Morgan fingerprint density at radius 3 is 2.39 bits per heavy atom. The van der Waals surface area contributed by atoms with Gasteiger partial charge in [0, 0.05) is 24.7 Å². The topological polar surface area (TPSA) is 35.7 Å². The molecular weight excluding hydrogens is 224 g/mol. The van der Waals surface area contributed by atoms with E-state index in [4.69, 9.17) is 5.73 Å². The second kappa shape index (κ2) is 5.87. The lowest BCUT2D eigenvalue weighted by atomic mass is 9.85. The molecule has 4 heteroatoms. The first kappa shape index (κ1) is 14.3. The molecule has 1 unspecified atom stereocenters. The van der Waals surface area contributed by atoms with E-state index in [1.807, 2.05) is 0 Å². The van der Waals surface area contributed by atoms with Gasteiger partial charge in [-0.2, -0.15) is 0 Å². The van der Waals surface area contributed by atoms with E-state index in [-0.39, 0.29) is 5.54 Å². The van der Waals surface area contributed by atoms with Gasteiger partial charge in [0.05, 0.1) is 0 Å². The van der Waals surface area contributed by atoms with Crippen molar-refractivity contribution in [3.63, 3.8) is 0 Å². The van der Waals surface area contributed by atoms with Crippen LogP contribution >= 0.6 is 0 Å². The van der Waals surface area contributed by atoms with Crippen molar-refractivity contribution in [3.8, 4) is 0 Å². The third-order valence-electron chi connectivity index (χ3n) is 5.11. The van der Waals surface area contributed by atoms with Gasteiger partial charge in [0.1, 0.15) is 0 Å². The van der Waals surface area contributed by atoms with Crippen molar-refractivity contribution in [1.82, 2.24) is 14.7 Å². The first-order valence-corrected chi connectivity index (χ1v) is 7.37. The van der Waals surface area contributed by atoms with E-state index in [0.29, 0.717) is 0 Å². The molecule has 0 aromatic heterocycles. The lowest BCUT2D eigenvalue weighted by Gasteiger charge is -2.51. The molecule has 4 nitrogen and oxygen atoms in total. The van der Waals surface area contributed by atoms with Gasteiger partial charge in [0.15, 0.2) is 0 Å². The summed E-state index contributed by atoms with van der Waals surface area (Å²) in [5.74, 6) is 0. The summed E-state index contributed by atoms with van der Waals surface area (Å²) >= 11 is 0. The fourth-order valence-corrected chi connectivity index (χ4v) is 3.71. The zero-order valence-electron chi connectivity index (χ0n) is 12.4. The van der Waals surface area contributed by atoms with Crippen LogP contribution in [0.3, 0.4) is 0 Å². The molecule has 1 atom stereocenters. The van der Waals surface area contributed by atoms with Crippen LogP contribution in [-0.4, -0.2) is 80.1 Å². The summed E-state index contributed by atoms with van der Waals surface area (Å²) in [5, 5.41) is 0. The zero-order chi connectivity index (χ0) is 13.2. The van der Waals surface area contributed by atoms with Crippen molar-refractivity contribution in [2.45, 2.75) is 37.3 Å². The number of rotatable bonds is 3. The third kappa shape index (κ3) is 2.87. The smallest absolute Gasteiger partial charge is 0.0458 e. The van der Waals surface area contributed by atoms with Crippen molar-refractivity contribution in [1.29, 1.82) is 0 Å². The number of nitrogens with zero attached hydrogens (tertiary/aromatic N) is 3. The Balaban J connectivity index is 2.02. The molecule has 2 aliphatic heterocycles. The minimum atomic E-state index is 0.216. The average Bonchev–Trinajstić information content (AvgIpc) is 2.38. The van der Waals surface area contributed by atoms with Crippen LogP contribution in [-0.2, 0) is 0 Å². The van der Waals surface area contributed by atoms with Gasteiger partial charge in [-0.25, -0.2) is 0 Å². The summed E-state index contributed by atoms with van der Waals surface area (Å²) in [6, 6.07) is 0.719. The molecule has 18 heavy (non-hydrogen) atoms. The van der Waals surface area contributed by atoms with E-state index in [0.717, 1.165) is 19.1 Å². The normalized spacial score (nSPS) is 33.2. The number of likely N-dealkylation sites (tertiary alicyclic amines) is 2. The molecule has 2 heterocycles. The van der Waals surface area contributed by atoms with Gasteiger partial charge >= 0.3 is 0 Å². The van der Waals surface area contributed by atoms with E-state index in [2.05, 4.69) is 35.8 Å². The lowest BCUT2D eigenvalue weighted by Crippen LogP contribution is -2.64. The van der Waals surface area contributed by atoms with Crippen molar-refractivity contribution < 1.29 is 0 Å². The molecule has 2 fully saturated rings. The highest BCUT2D eigenvalue weighted by atomic mass is 15.3. The van der Waals surface area contributed by atoms with Crippen molar-refractivity contribution in [2.75, 3.05) is 53.9 Å². The van der Waals surface area contributed by atoms with E-state index < -0.39 is 0 Å². The van der Waals surface area contributed by atoms with Crippen LogP contribution in [0.5, 0.6) is 0 Å². The number of hydrogen-bond acceptors (Lipinski definition) is 4. The Labute approximate surface area is 112 Å². The van der Waals surface area contributed by atoms with Crippen LogP contribution in [0.15, 0.2) is 0 Å². The first-order chi connectivity index (χ1) is 8.57. The van der Waals surface area contributed by atoms with Gasteiger partial charge in [-0.15, -0.1) is 0 Å². The Morgan fingerprint density at radius 2 is 1.83 bits per heavy atom. The highest BCUT2D eigenvalue weighted by Crippen LogP contribution is 2.29. The van der Waals surface area contributed by atoms with E-state index >= 15 is 0 Å². The predicted molar refractivity (Wildman–Crippen MR) is 76.8 cm³/mol. The number of likely N-dealkylation sites (N-methyl/N-ethyl adjacent to an activating group) is 2. The first-order valence-electron chi connectivity index (χ1n) is 7.37. The molecule has 2 N–H and O–H groups in total. The third-order valence-corrected chi connectivity index (χ3v) is 5.11. The molecular formula is C14H30N4. The lowest BCUT2D eigenvalue weighted by molar-refractivity contribution is -0.00256. The Kier molecular flexibility index (Phi) is 4.64. The maximum absolute atomic E-state index is 6.16. The van der Waals surface area contributed by atoms with E-state index in [9.17, 15) is 0 Å². The monoisotopic (exact) mass is 254 g/mol.